The molecular weight excluding hydrogens is 246 g/mol. The highest BCUT2D eigenvalue weighted by Crippen LogP contribution is 2.25. The van der Waals surface area contributed by atoms with Crippen LogP contribution >= 0.6 is 11.6 Å². The van der Waals surface area contributed by atoms with Crippen LogP contribution in [0.4, 0.5) is 0 Å². The normalized spacial score (nSPS) is 28.7. The molecule has 5 nitrogen and oxygen atoms in total. The summed E-state index contributed by atoms with van der Waals surface area (Å²) < 4.78 is 15.1. The van der Waals surface area contributed by atoms with E-state index in [0.717, 1.165) is 0 Å². The Kier molecular flexibility index (Phi) is 5.91. The molecular formula is C11H18ClNO4. The topological polar surface area (TPSA) is 70.8 Å². The van der Waals surface area contributed by atoms with Crippen LogP contribution in [0.25, 0.3) is 0 Å². The van der Waals surface area contributed by atoms with Gasteiger partial charge in [-0.05, 0) is 19.4 Å². The molecule has 0 radical (unpaired) electrons. The molecule has 0 bridgehead atoms. The predicted octanol–water partition coefficient (Wildman–Crippen LogP) is 0.803. The summed E-state index contributed by atoms with van der Waals surface area (Å²) in [7, 11) is 1.52. The summed E-state index contributed by atoms with van der Waals surface area (Å²) in [5.41, 5.74) is 6.40. The lowest BCUT2D eigenvalue weighted by Gasteiger charge is -2.30. The van der Waals surface area contributed by atoms with Gasteiger partial charge in [0.05, 0.1) is 24.1 Å². The molecule has 1 aliphatic rings. The van der Waals surface area contributed by atoms with E-state index in [1.54, 1.807) is 13.0 Å². The van der Waals surface area contributed by atoms with E-state index >= 15 is 0 Å². The fourth-order valence-corrected chi connectivity index (χ4v) is 1.92. The number of carbonyl (C=O) groups is 1. The van der Waals surface area contributed by atoms with Gasteiger partial charge < -0.3 is 19.9 Å². The Labute approximate surface area is 106 Å². The Morgan fingerprint density at radius 3 is 2.94 bits per heavy atom. The summed E-state index contributed by atoms with van der Waals surface area (Å²) in [6, 6.07) is -0.356. The van der Waals surface area contributed by atoms with Gasteiger partial charge in [0.15, 0.2) is 0 Å². The van der Waals surface area contributed by atoms with Crippen molar-refractivity contribution >= 4 is 17.6 Å². The molecule has 98 valence electrons. The average molecular weight is 264 g/mol. The summed E-state index contributed by atoms with van der Waals surface area (Å²) in [5.74, 6) is -0.365. The van der Waals surface area contributed by atoms with Gasteiger partial charge in [-0.15, -0.1) is 11.6 Å². The van der Waals surface area contributed by atoms with Crippen LogP contribution in [-0.2, 0) is 19.0 Å². The predicted molar refractivity (Wildman–Crippen MR) is 63.7 cm³/mol. The number of halogens is 1. The maximum atomic E-state index is 11.6. The van der Waals surface area contributed by atoms with Crippen molar-refractivity contribution in [1.82, 2.24) is 0 Å². The third kappa shape index (κ3) is 3.96. The van der Waals surface area contributed by atoms with E-state index in [9.17, 15) is 4.79 Å². The monoisotopic (exact) mass is 263 g/mol. The minimum atomic E-state index is -0.425. The first-order valence-corrected chi connectivity index (χ1v) is 5.91. The SMILES string of the molecule is CCOC(=O)C1=C[C@@H](OCOC)[C@H](N)[C@@H](Cl)C1. The van der Waals surface area contributed by atoms with E-state index < -0.39 is 6.10 Å². The molecule has 0 aromatic heterocycles. The second-order valence-electron chi connectivity index (χ2n) is 3.75. The lowest BCUT2D eigenvalue weighted by atomic mass is 9.93. The molecule has 2 N–H and O–H groups in total. The third-order valence-electron chi connectivity index (χ3n) is 2.49. The number of esters is 1. The highest BCUT2D eigenvalue weighted by molar-refractivity contribution is 6.21. The molecule has 6 heteroatoms. The first-order chi connectivity index (χ1) is 8.10. The second kappa shape index (κ2) is 6.96. The lowest BCUT2D eigenvalue weighted by Crippen LogP contribution is -2.46. The van der Waals surface area contributed by atoms with Crippen LogP contribution in [0.3, 0.4) is 0 Å². The van der Waals surface area contributed by atoms with Gasteiger partial charge in [0.1, 0.15) is 6.79 Å². The fraction of sp³-hybridized carbons (Fsp3) is 0.727. The summed E-state index contributed by atoms with van der Waals surface area (Å²) >= 11 is 6.09. The number of rotatable bonds is 5. The number of methoxy groups -OCH3 is 1. The van der Waals surface area contributed by atoms with E-state index in [4.69, 9.17) is 31.5 Å². The summed E-state index contributed by atoms with van der Waals surface area (Å²) in [4.78, 5) is 11.6. The summed E-state index contributed by atoms with van der Waals surface area (Å²) in [6.45, 7) is 2.19. The van der Waals surface area contributed by atoms with Crippen molar-refractivity contribution in [2.45, 2.75) is 30.9 Å². The van der Waals surface area contributed by atoms with Crippen molar-refractivity contribution in [1.29, 1.82) is 0 Å². The number of alkyl halides is 1. The fourth-order valence-electron chi connectivity index (χ4n) is 1.61. The highest BCUT2D eigenvalue weighted by Gasteiger charge is 2.32. The minimum Gasteiger partial charge on any atom is -0.463 e. The molecule has 0 heterocycles. The maximum absolute atomic E-state index is 11.6. The molecule has 17 heavy (non-hydrogen) atoms. The van der Waals surface area contributed by atoms with Crippen molar-refractivity contribution in [3.63, 3.8) is 0 Å². The number of nitrogens with two attached hydrogens (primary N) is 1. The molecule has 0 unspecified atom stereocenters. The summed E-state index contributed by atoms with van der Waals surface area (Å²) in [6.07, 6.45) is 1.64. The molecule has 0 aromatic carbocycles. The molecule has 0 saturated carbocycles. The first kappa shape index (κ1) is 14.4. The quantitative estimate of drug-likeness (QED) is 0.451. The highest BCUT2D eigenvalue weighted by atomic mass is 35.5. The van der Waals surface area contributed by atoms with E-state index in [0.29, 0.717) is 18.6 Å². The molecule has 0 spiro atoms. The second-order valence-corrected chi connectivity index (χ2v) is 4.31. The Morgan fingerprint density at radius 2 is 2.35 bits per heavy atom. The molecule has 0 fully saturated rings. The van der Waals surface area contributed by atoms with Crippen molar-refractivity contribution in [2.75, 3.05) is 20.5 Å². The Morgan fingerprint density at radius 1 is 1.65 bits per heavy atom. The number of hydrogen-bond acceptors (Lipinski definition) is 5. The van der Waals surface area contributed by atoms with Gasteiger partial charge in [-0.25, -0.2) is 4.79 Å². The summed E-state index contributed by atoms with van der Waals surface area (Å²) in [5, 5.41) is -0.346. The van der Waals surface area contributed by atoms with Crippen molar-refractivity contribution in [3.05, 3.63) is 11.6 Å². The van der Waals surface area contributed by atoms with Gasteiger partial charge in [-0.1, -0.05) is 0 Å². The molecule has 0 aliphatic heterocycles. The van der Waals surface area contributed by atoms with Gasteiger partial charge in [0.25, 0.3) is 0 Å². The largest absolute Gasteiger partial charge is 0.463 e. The zero-order valence-electron chi connectivity index (χ0n) is 10.0. The van der Waals surface area contributed by atoms with Crippen LogP contribution in [0, 0.1) is 0 Å². The van der Waals surface area contributed by atoms with E-state index in [1.807, 2.05) is 0 Å². The van der Waals surface area contributed by atoms with Crippen LogP contribution in [0.2, 0.25) is 0 Å². The molecule has 3 atom stereocenters. The molecule has 0 saturated heterocycles. The number of ether oxygens (including phenoxy) is 3. The van der Waals surface area contributed by atoms with E-state index in [2.05, 4.69) is 0 Å². The Hall–Kier alpha value is -0.620. The van der Waals surface area contributed by atoms with Gasteiger partial charge in [-0.3, -0.25) is 0 Å². The van der Waals surface area contributed by atoms with Crippen LogP contribution < -0.4 is 5.73 Å². The van der Waals surface area contributed by atoms with Gasteiger partial charge in [0, 0.05) is 12.7 Å². The van der Waals surface area contributed by atoms with Crippen LogP contribution in [0.15, 0.2) is 11.6 Å². The van der Waals surface area contributed by atoms with E-state index in [1.165, 1.54) is 7.11 Å². The lowest BCUT2D eigenvalue weighted by molar-refractivity contribution is -0.139. The molecule has 1 aliphatic carbocycles. The van der Waals surface area contributed by atoms with Crippen molar-refractivity contribution in [2.24, 2.45) is 5.73 Å². The van der Waals surface area contributed by atoms with E-state index in [-0.39, 0.29) is 24.2 Å². The number of hydrogen-bond donors (Lipinski definition) is 1. The molecule has 0 amide bonds. The van der Waals surface area contributed by atoms with Gasteiger partial charge >= 0.3 is 5.97 Å². The van der Waals surface area contributed by atoms with Crippen LogP contribution in [0.5, 0.6) is 0 Å². The zero-order chi connectivity index (χ0) is 12.8. The van der Waals surface area contributed by atoms with Crippen molar-refractivity contribution < 1.29 is 19.0 Å². The Bertz CT molecular complexity index is 295. The zero-order valence-corrected chi connectivity index (χ0v) is 10.8. The van der Waals surface area contributed by atoms with Crippen molar-refractivity contribution in [3.8, 4) is 0 Å². The minimum absolute atomic E-state index is 0.106. The van der Waals surface area contributed by atoms with Crippen LogP contribution in [0.1, 0.15) is 13.3 Å². The molecule has 0 aromatic rings. The Balaban J connectivity index is 2.73. The van der Waals surface area contributed by atoms with Crippen LogP contribution in [-0.4, -0.2) is 44.0 Å². The average Bonchev–Trinajstić information content (AvgIpc) is 2.31. The number of carbonyl (C=O) groups excluding carboxylic acids is 1. The molecule has 1 rings (SSSR count). The smallest absolute Gasteiger partial charge is 0.333 e. The van der Waals surface area contributed by atoms with Gasteiger partial charge in [-0.2, -0.15) is 0 Å². The first-order valence-electron chi connectivity index (χ1n) is 5.48. The van der Waals surface area contributed by atoms with Gasteiger partial charge in [0.2, 0.25) is 0 Å². The standard InChI is InChI=1S/C11H18ClNO4/c1-3-16-11(14)7-4-8(12)10(13)9(5-7)17-6-15-2/h5,8-10H,3-4,6,13H2,1-2H3/t8-,9+,10+/m0/s1. The maximum Gasteiger partial charge on any atom is 0.333 e. The third-order valence-corrected chi connectivity index (χ3v) is 2.94.